The first-order chi connectivity index (χ1) is 4.75. The molecule has 11 heavy (non-hydrogen) atoms. The molecule has 0 aliphatic heterocycles. The van der Waals surface area contributed by atoms with Crippen LogP contribution in [0.25, 0.3) is 0 Å². The Kier molecular flexibility index (Phi) is 2.55. The summed E-state index contributed by atoms with van der Waals surface area (Å²) in [5, 5.41) is -1.85. The zero-order chi connectivity index (χ0) is 9.28. The number of nitrogens with zero attached hydrogens (tertiary/aromatic N) is 1. The van der Waals surface area contributed by atoms with Crippen LogP contribution in [0.1, 0.15) is 0 Å². The van der Waals surface area contributed by atoms with Crippen LogP contribution in [0, 0.1) is 4.91 Å². The van der Waals surface area contributed by atoms with Crippen molar-refractivity contribution in [1.29, 1.82) is 0 Å². The molecule has 0 saturated carbocycles. The van der Waals surface area contributed by atoms with Crippen molar-refractivity contribution < 1.29 is 22.4 Å². The number of alkyl halides is 4. The van der Waals surface area contributed by atoms with Gasteiger partial charge in [0, 0.05) is 5.18 Å². The maximum atomic E-state index is 11.8. The quantitative estimate of drug-likeness (QED) is 0.297. The second-order valence-electron chi connectivity index (χ2n) is 1.48. The summed E-state index contributed by atoms with van der Waals surface area (Å²) in [4.78, 5) is 18.7. The molecule has 0 spiro atoms. The van der Waals surface area contributed by atoms with Crippen LogP contribution in [-0.4, -0.2) is 17.2 Å². The van der Waals surface area contributed by atoms with Gasteiger partial charge in [-0.3, -0.25) is 4.79 Å². The summed E-state index contributed by atoms with van der Waals surface area (Å²) >= 11 is 4.06. The second kappa shape index (κ2) is 2.72. The summed E-state index contributed by atoms with van der Waals surface area (Å²) < 4.78 is 46.9. The highest BCUT2D eigenvalue weighted by Crippen LogP contribution is 2.36. The van der Waals surface area contributed by atoms with E-state index in [2.05, 4.69) is 11.6 Å². The highest BCUT2D eigenvalue weighted by Gasteiger charge is 2.63. The van der Waals surface area contributed by atoms with Gasteiger partial charge in [-0.2, -0.15) is 17.6 Å². The van der Waals surface area contributed by atoms with E-state index < -0.39 is 17.2 Å². The molecule has 8 heteroatoms. The minimum absolute atomic E-state index is 0.775. The summed E-state index contributed by atoms with van der Waals surface area (Å²) in [5.74, 6) is -5.24. The maximum absolute atomic E-state index is 11.8. The third kappa shape index (κ3) is 1.65. The minimum atomic E-state index is -5.29. The summed E-state index contributed by atoms with van der Waals surface area (Å²) in [6.07, 6.45) is 0. The first-order valence-electron chi connectivity index (χ1n) is 2.06. The van der Waals surface area contributed by atoms with Crippen molar-refractivity contribution >= 4 is 16.8 Å². The average Bonchev–Trinajstić information content (AvgIpc) is 1.87. The van der Waals surface area contributed by atoms with E-state index in [-0.39, 0.29) is 0 Å². The molecule has 0 N–H and O–H groups in total. The third-order valence-corrected chi connectivity index (χ3v) is 0.977. The van der Waals surface area contributed by atoms with E-state index in [1.54, 1.807) is 0 Å². The topological polar surface area (TPSA) is 46.5 Å². The van der Waals surface area contributed by atoms with Crippen molar-refractivity contribution in [2.75, 3.05) is 0 Å². The lowest BCUT2D eigenvalue weighted by molar-refractivity contribution is -0.198. The van der Waals surface area contributed by atoms with Gasteiger partial charge in [0.05, 0.1) is 0 Å². The van der Waals surface area contributed by atoms with E-state index in [1.807, 2.05) is 0 Å². The van der Waals surface area contributed by atoms with E-state index in [0.29, 0.717) is 0 Å². The van der Waals surface area contributed by atoms with Crippen molar-refractivity contribution in [1.82, 2.24) is 0 Å². The maximum Gasteiger partial charge on any atom is 0.448 e. The highest BCUT2D eigenvalue weighted by atomic mass is 35.5. The Morgan fingerprint density at radius 2 is 1.64 bits per heavy atom. The first-order valence-corrected chi connectivity index (χ1v) is 2.43. The Morgan fingerprint density at radius 3 is 1.73 bits per heavy atom. The number of hydrogen-bond donors (Lipinski definition) is 0. The highest BCUT2D eigenvalue weighted by molar-refractivity contribution is 6.65. The average molecular weight is 193 g/mol. The fourth-order valence-electron chi connectivity index (χ4n) is 0.176. The number of rotatable bonds is 3. The van der Waals surface area contributed by atoms with E-state index in [4.69, 9.17) is 4.91 Å². The van der Waals surface area contributed by atoms with Gasteiger partial charge in [0.2, 0.25) is 0 Å². The molecule has 0 saturated heterocycles. The van der Waals surface area contributed by atoms with Gasteiger partial charge in [-0.1, -0.05) is 0 Å². The monoisotopic (exact) mass is 193 g/mol. The molecule has 0 heterocycles. The van der Waals surface area contributed by atoms with E-state index >= 15 is 0 Å². The molecule has 0 fully saturated rings. The van der Waals surface area contributed by atoms with Crippen LogP contribution in [0.3, 0.4) is 0 Å². The fraction of sp³-hybridized carbons (Fsp3) is 0.667. The van der Waals surface area contributed by atoms with Crippen LogP contribution in [0.15, 0.2) is 5.18 Å². The van der Waals surface area contributed by atoms with Crippen LogP contribution in [0.2, 0.25) is 0 Å². The van der Waals surface area contributed by atoms with E-state index in [1.165, 1.54) is 0 Å². The number of nitroso groups, excluding NO2 is 1. The van der Waals surface area contributed by atoms with Crippen molar-refractivity contribution in [3.63, 3.8) is 0 Å². The Labute approximate surface area is 62.3 Å². The summed E-state index contributed by atoms with van der Waals surface area (Å²) in [6.45, 7) is 0. The molecule has 0 aliphatic rings. The Balaban J connectivity index is 4.81. The number of carbonyl (C=O) groups excluding carboxylic acids is 1. The summed E-state index contributed by atoms with van der Waals surface area (Å²) in [7, 11) is 0. The van der Waals surface area contributed by atoms with Gasteiger partial charge >= 0.3 is 12.0 Å². The third-order valence-electron chi connectivity index (χ3n) is 0.739. The Hall–Kier alpha value is -0.720. The molecule has 0 bridgehead atoms. The Bertz CT molecular complexity index is 194. The van der Waals surface area contributed by atoms with Crippen LogP contribution in [0.5, 0.6) is 0 Å². The van der Waals surface area contributed by atoms with Crippen molar-refractivity contribution in [3.8, 4) is 0 Å². The number of carbonyl (C=O) groups is 1. The SMILES string of the molecule is O=NC(F)(F)C(F)(F)C(=O)Cl. The molecule has 0 aromatic carbocycles. The lowest BCUT2D eigenvalue weighted by Crippen LogP contribution is -2.43. The fourth-order valence-corrected chi connectivity index (χ4v) is 0.289. The van der Waals surface area contributed by atoms with Gasteiger partial charge in [0.15, 0.2) is 0 Å². The van der Waals surface area contributed by atoms with Crippen LogP contribution < -0.4 is 0 Å². The molecule has 0 radical (unpaired) electrons. The molecule has 0 atom stereocenters. The summed E-state index contributed by atoms with van der Waals surface area (Å²) in [6, 6.07) is -5.29. The minimum Gasteiger partial charge on any atom is -0.274 e. The second-order valence-corrected chi connectivity index (χ2v) is 1.82. The molecule has 3 nitrogen and oxygen atoms in total. The van der Waals surface area contributed by atoms with Gasteiger partial charge in [0.1, 0.15) is 0 Å². The molecule has 0 aliphatic carbocycles. The van der Waals surface area contributed by atoms with Gasteiger partial charge in [-0.05, 0) is 11.6 Å². The van der Waals surface area contributed by atoms with Gasteiger partial charge < -0.3 is 0 Å². The number of halogens is 5. The molecule has 64 valence electrons. The predicted octanol–water partition coefficient (Wildman–Crippen LogP) is 1.75. The normalized spacial score (nSPS) is 12.8. The molecule has 0 rings (SSSR count). The predicted molar refractivity (Wildman–Crippen MR) is 26.5 cm³/mol. The smallest absolute Gasteiger partial charge is 0.274 e. The Morgan fingerprint density at radius 1 is 1.27 bits per heavy atom. The van der Waals surface area contributed by atoms with Gasteiger partial charge in [0.25, 0.3) is 5.24 Å². The lowest BCUT2D eigenvalue weighted by atomic mass is 10.3. The van der Waals surface area contributed by atoms with Crippen molar-refractivity contribution in [2.45, 2.75) is 12.0 Å². The number of hydrogen-bond acceptors (Lipinski definition) is 3. The zero-order valence-corrected chi connectivity index (χ0v) is 5.41. The van der Waals surface area contributed by atoms with Crippen LogP contribution in [0.4, 0.5) is 17.6 Å². The molecule has 0 unspecified atom stereocenters. The van der Waals surface area contributed by atoms with Crippen molar-refractivity contribution in [2.24, 2.45) is 5.18 Å². The van der Waals surface area contributed by atoms with Gasteiger partial charge in [-0.15, -0.1) is 4.91 Å². The van der Waals surface area contributed by atoms with Gasteiger partial charge in [-0.25, -0.2) is 0 Å². The zero-order valence-electron chi connectivity index (χ0n) is 4.65. The van der Waals surface area contributed by atoms with Crippen LogP contribution in [-0.2, 0) is 4.79 Å². The first kappa shape index (κ1) is 10.3. The standard InChI is InChI=1S/C3ClF4NO2/c4-1(10)2(5,6)3(7,8)9-11. The molecular weight excluding hydrogens is 193 g/mol. The molecular formula is C3ClF4NO2. The van der Waals surface area contributed by atoms with Crippen molar-refractivity contribution in [3.05, 3.63) is 4.91 Å². The van der Waals surface area contributed by atoms with E-state index in [9.17, 15) is 22.4 Å². The largest absolute Gasteiger partial charge is 0.448 e. The molecule has 0 aromatic heterocycles. The molecule has 0 amide bonds. The molecule has 0 aromatic rings. The lowest BCUT2D eigenvalue weighted by Gasteiger charge is -2.14. The summed E-state index contributed by atoms with van der Waals surface area (Å²) in [5.41, 5.74) is 0. The van der Waals surface area contributed by atoms with Crippen LogP contribution >= 0.6 is 11.6 Å². The van der Waals surface area contributed by atoms with E-state index in [0.717, 1.165) is 5.18 Å².